The van der Waals surface area contributed by atoms with Gasteiger partial charge in [0.2, 0.25) is 5.91 Å². The number of nitrogens with zero attached hydrogens (tertiary/aromatic N) is 8. The Balaban J connectivity index is 0.000000593. The number of fused-ring (bicyclic) bond motifs is 1. The fourth-order valence-electron chi connectivity index (χ4n) is 9.76. The fraction of sp³-hybridized carbons (Fsp3) is 0.500. The number of Topliss-reactive ketones (excluding diaryl/α,β-unsaturated/α-hetero) is 2. The van der Waals surface area contributed by atoms with Crippen molar-refractivity contribution in [1.29, 1.82) is 5.26 Å². The molecule has 0 N–H and O–H groups in total. The van der Waals surface area contributed by atoms with Gasteiger partial charge >= 0.3 is 0 Å². The third-order valence-electron chi connectivity index (χ3n) is 14.3. The monoisotopic (exact) mass is 963 g/mol. The molecule has 11 heteroatoms. The van der Waals surface area contributed by atoms with Crippen LogP contribution in [0.5, 0.6) is 0 Å². The minimum atomic E-state index is 0.0453. The van der Waals surface area contributed by atoms with Crippen LogP contribution in [0.3, 0.4) is 0 Å². The van der Waals surface area contributed by atoms with E-state index in [1.807, 2.05) is 57.3 Å². The Hall–Kier alpha value is -5.96. The van der Waals surface area contributed by atoms with Crippen LogP contribution in [0.2, 0.25) is 0 Å². The molecule has 2 fully saturated rings. The second kappa shape index (κ2) is 27.0. The summed E-state index contributed by atoms with van der Waals surface area (Å²) in [7, 11) is 1.90. The Labute approximate surface area is 426 Å². The van der Waals surface area contributed by atoms with E-state index in [2.05, 4.69) is 132 Å². The number of aryl methyl sites for hydroxylation is 1. The van der Waals surface area contributed by atoms with Gasteiger partial charge in [-0.25, -0.2) is 9.50 Å². The van der Waals surface area contributed by atoms with Crippen LogP contribution in [0.15, 0.2) is 103 Å². The van der Waals surface area contributed by atoms with Crippen molar-refractivity contribution in [3.63, 3.8) is 0 Å². The second-order valence-electron chi connectivity index (χ2n) is 19.9. The zero-order valence-corrected chi connectivity index (χ0v) is 44.9. The van der Waals surface area contributed by atoms with Crippen LogP contribution in [-0.2, 0) is 20.9 Å². The third kappa shape index (κ3) is 15.5. The Kier molecular flexibility index (Phi) is 21.3. The summed E-state index contributed by atoms with van der Waals surface area (Å²) in [5.74, 6) is 1.31. The highest BCUT2D eigenvalue weighted by Crippen LogP contribution is 2.37. The molecule has 2 aliphatic carbocycles. The minimum Gasteiger partial charge on any atom is -0.372 e. The SMILES string of the molecule is CC.CC.CC(=O)CCC(C)C(C)=O.Cc1ccc(C2CCN(CC(=O)N(C)Cc3ccc(-c4cn5ncc(C#N)c5c(C5=CC=C(N6CCN(CC7(C)C=CC=CC7)CC6)CC5C)n4)cc3)CC2)cc1. The zero-order valence-electron chi connectivity index (χ0n) is 44.9. The minimum absolute atomic E-state index is 0.0453. The van der Waals surface area contributed by atoms with Gasteiger partial charge in [0.1, 0.15) is 23.2 Å². The molecule has 0 radical (unpaired) electrons. The highest BCUT2D eigenvalue weighted by molar-refractivity contribution is 5.83. The summed E-state index contributed by atoms with van der Waals surface area (Å²) in [6.07, 6.45) is 22.5. The van der Waals surface area contributed by atoms with Crippen LogP contribution in [-0.4, -0.2) is 111 Å². The number of carbonyl (C=O) groups is 3. The number of hydrogen-bond acceptors (Lipinski definition) is 9. The number of piperidine rings is 1. The van der Waals surface area contributed by atoms with E-state index in [9.17, 15) is 19.6 Å². The lowest BCUT2D eigenvalue weighted by Gasteiger charge is -2.42. The maximum absolute atomic E-state index is 13.3. The van der Waals surface area contributed by atoms with Crippen LogP contribution in [0.25, 0.3) is 22.3 Å². The van der Waals surface area contributed by atoms with Crippen LogP contribution in [0.4, 0.5) is 0 Å². The van der Waals surface area contributed by atoms with Crippen molar-refractivity contribution in [3.8, 4) is 17.3 Å². The summed E-state index contributed by atoms with van der Waals surface area (Å²) >= 11 is 0. The molecule has 2 aliphatic heterocycles. The highest BCUT2D eigenvalue weighted by Gasteiger charge is 2.30. The largest absolute Gasteiger partial charge is 0.372 e. The van der Waals surface area contributed by atoms with Crippen molar-refractivity contribution in [2.45, 2.75) is 120 Å². The molecule has 3 unspecified atom stereocenters. The maximum Gasteiger partial charge on any atom is 0.236 e. The van der Waals surface area contributed by atoms with Gasteiger partial charge in [-0.15, -0.1) is 0 Å². The van der Waals surface area contributed by atoms with Crippen LogP contribution in [0, 0.1) is 35.5 Å². The van der Waals surface area contributed by atoms with E-state index < -0.39 is 0 Å². The van der Waals surface area contributed by atoms with E-state index in [0.717, 1.165) is 105 Å². The van der Waals surface area contributed by atoms with Crippen molar-refractivity contribution in [2.24, 2.45) is 17.3 Å². The van der Waals surface area contributed by atoms with Crippen LogP contribution < -0.4 is 0 Å². The van der Waals surface area contributed by atoms with Gasteiger partial charge in [0.15, 0.2) is 0 Å². The molecule has 4 aliphatic rings. The number of benzene rings is 2. The molecule has 2 aromatic heterocycles. The number of allylic oxidation sites excluding steroid dienone is 7. The average molecular weight is 963 g/mol. The number of ketones is 2. The van der Waals surface area contributed by atoms with Crippen molar-refractivity contribution in [2.75, 3.05) is 59.4 Å². The number of carbonyl (C=O) groups excluding carboxylic acids is 3. The summed E-state index contributed by atoms with van der Waals surface area (Å²) in [6, 6.07) is 19.6. The zero-order chi connectivity index (χ0) is 51.7. The van der Waals surface area contributed by atoms with Gasteiger partial charge in [-0.05, 0) is 101 Å². The number of rotatable bonds is 14. The number of amides is 1. The number of nitriles is 1. The van der Waals surface area contributed by atoms with Gasteiger partial charge in [-0.1, -0.05) is 133 Å². The van der Waals surface area contributed by atoms with Crippen LogP contribution >= 0.6 is 0 Å². The van der Waals surface area contributed by atoms with Gasteiger partial charge in [-0.3, -0.25) is 19.4 Å². The van der Waals surface area contributed by atoms with Crippen molar-refractivity contribution < 1.29 is 14.4 Å². The molecule has 11 nitrogen and oxygen atoms in total. The lowest BCUT2D eigenvalue weighted by atomic mass is 9.83. The van der Waals surface area contributed by atoms with E-state index >= 15 is 0 Å². The smallest absolute Gasteiger partial charge is 0.236 e. The quantitative estimate of drug-likeness (QED) is 0.122. The topological polar surface area (TPSA) is 118 Å². The third-order valence-corrected chi connectivity index (χ3v) is 14.3. The first-order valence-corrected chi connectivity index (χ1v) is 26.3. The number of likely N-dealkylation sites (tertiary alicyclic amines) is 1. The summed E-state index contributed by atoms with van der Waals surface area (Å²) in [4.78, 5) is 48.9. The molecule has 4 heterocycles. The van der Waals surface area contributed by atoms with Gasteiger partial charge in [-0.2, -0.15) is 10.4 Å². The second-order valence-corrected chi connectivity index (χ2v) is 19.9. The molecule has 4 aromatic rings. The molecular weight excluding hydrogens is 881 g/mol. The van der Waals surface area contributed by atoms with Gasteiger partial charge in [0, 0.05) is 75.3 Å². The molecular formula is C60H82N8O3. The van der Waals surface area contributed by atoms with Crippen molar-refractivity contribution >= 4 is 28.6 Å². The van der Waals surface area contributed by atoms with Crippen molar-refractivity contribution in [1.82, 2.24) is 34.2 Å². The lowest BCUT2D eigenvalue weighted by Crippen LogP contribution is -2.49. The first kappa shape index (κ1) is 56.0. The van der Waals surface area contributed by atoms with Gasteiger partial charge in [0.05, 0.1) is 35.9 Å². The molecule has 0 saturated carbocycles. The number of likely N-dealkylation sites (N-methyl/N-ethyl adjacent to an activating group) is 1. The number of hydrogen-bond donors (Lipinski definition) is 0. The molecule has 0 spiro atoms. The summed E-state index contributed by atoms with van der Waals surface area (Å²) < 4.78 is 1.81. The van der Waals surface area contributed by atoms with E-state index in [-0.39, 0.29) is 34.7 Å². The first-order valence-electron chi connectivity index (χ1n) is 26.3. The number of piperazine rings is 1. The molecule has 1 amide bonds. The molecule has 3 atom stereocenters. The summed E-state index contributed by atoms with van der Waals surface area (Å²) in [5, 5.41) is 14.6. The predicted octanol–water partition coefficient (Wildman–Crippen LogP) is 11.5. The fourth-order valence-corrected chi connectivity index (χ4v) is 9.76. The normalized spacial score (nSPS) is 19.6. The Morgan fingerprint density at radius 1 is 0.901 bits per heavy atom. The van der Waals surface area contributed by atoms with Crippen molar-refractivity contribution in [3.05, 3.63) is 131 Å². The van der Waals surface area contributed by atoms with Gasteiger partial charge < -0.3 is 14.6 Å². The average Bonchev–Trinajstić information content (AvgIpc) is 3.81. The molecule has 2 saturated heterocycles. The molecule has 8 rings (SSSR count). The molecule has 380 valence electrons. The predicted molar refractivity (Wildman–Crippen MR) is 291 cm³/mol. The Morgan fingerprint density at radius 3 is 2.17 bits per heavy atom. The molecule has 71 heavy (non-hydrogen) atoms. The van der Waals surface area contributed by atoms with E-state index in [1.165, 1.54) is 16.8 Å². The standard InChI is InChI=1S/C48H56N8O.C8H14O2.2C2H6/c1-35-8-12-38(13-9-35)39-18-22-53(23-19-39)33-45(57)52(4)31-37-10-14-40(15-11-37)44-32-56-47(41(29-49)30-50-56)46(51-44)43-17-16-42(28-36(43)2)55-26-24-54(25-27-55)34-48(3)20-6-5-7-21-48;1-6(8(3)10)4-5-7(2)9;2*1-2/h5-17,20,30,32,36,39H,18-19,21-28,31,33-34H2,1-4H3;6H,4-5H2,1-3H3;2*1-2H3. The van der Waals surface area contributed by atoms with Crippen LogP contribution in [0.1, 0.15) is 135 Å². The summed E-state index contributed by atoms with van der Waals surface area (Å²) in [5.41, 5.74) is 10.4. The van der Waals surface area contributed by atoms with E-state index in [0.29, 0.717) is 37.4 Å². The van der Waals surface area contributed by atoms with E-state index in [1.54, 1.807) is 20.0 Å². The highest BCUT2D eigenvalue weighted by atomic mass is 16.2. The molecule has 2 aromatic carbocycles. The Morgan fingerprint density at radius 2 is 1.58 bits per heavy atom. The Bertz CT molecular complexity index is 2550. The first-order chi connectivity index (χ1) is 34.2. The van der Waals surface area contributed by atoms with E-state index in [4.69, 9.17) is 4.98 Å². The maximum atomic E-state index is 13.3. The van der Waals surface area contributed by atoms with Gasteiger partial charge in [0.25, 0.3) is 0 Å². The molecule has 0 bridgehead atoms. The summed E-state index contributed by atoms with van der Waals surface area (Å²) in [6.45, 7) is 27.9. The number of aromatic nitrogens is 3. The lowest BCUT2D eigenvalue weighted by molar-refractivity contribution is -0.132.